The minimum absolute atomic E-state index is 0.446. The molecule has 0 aliphatic rings. The van der Waals surface area contributed by atoms with E-state index in [-0.39, 0.29) is 0 Å². The first kappa shape index (κ1) is 23.2. The fraction of sp³-hybridized carbons (Fsp3) is 0.148. The Kier molecular flexibility index (Phi) is 6.45. The van der Waals surface area contributed by atoms with Crippen LogP contribution in [0.2, 0.25) is 0 Å². The SMILES string of the molecule is C=C(NCc1ccc(OC)c(-c2ccc(=O)n(CC(F)(F)F)c2)c1)c1cccc2ccccc12. The van der Waals surface area contributed by atoms with Crippen molar-refractivity contribution in [2.24, 2.45) is 0 Å². The summed E-state index contributed by atoms with van der Waals surface area (Å²) in [5.41, 5.74) is 2.96. The Balaban J connectivity index is 1.60. The summed E-state index contributed by atoms with van der Waals surface area (Å²) in [5.74, 6) is 0.494. The van der Waals surface area contributed by atoms with Crippen molar-refractivity contribution in [2.75, 3.05) is 7.11 Å². The van der Waals surface area contributed by atoms with Gasteiger partial charge in [-0.3, -0.25) is 4.79 Å². The second-order valence-electron chi connectivity index (χ2n) is 7.89. The van der Waals surface area contributed by atoms with Crippen LogP contribution in [0.4, 0.5) is 13.2 Å². The minimum atomic E-state index is -4.50. The van der Waals surface area contributed by atoms with Crippen molar-refractivity contribution in [3.63, 3.8) is 0 Å². The molecule has 0 amide bonds. The van der Waals surface area contributed by atoms with Crippen LogP contribution in [-0.4, -0.2) is 17.9 Å². The Labute approximate surface area is 194 Å². The zero-order chi connectivity index (χ0) is 24.3. The van der Waals surface area contributed by atoms with Crippen LogP contribution in [0.1, 0.15) is 11.1 Å². The molecule has 4 nitrogen and oxygen atoms in total. The second-order valence-corrected chi connectivity index (χ2v) is 7.89. The molecule has 1 heterocycles. The molecule has 174 valence electrons. The van der Waals surface area contributed by atoms with Gasteiger partial charge in [0.25, 0.3) is 5.56 Å². The minimum Gasteiger partial charge on any atom is -0.496 e. The third-order valence-corrected chi connectivity index (χ3v) is 5.53. The summed E-state index contributed by atoms with van der Waals surface area (Å²) in [6.07, 6.45) is -3.29. The highest BCUT2D eigenvalue weighted by Crippen LogP contribution is 2.31. The number of rotatable bonds is 7. The lowest BCUT2D eigenvalue weighted by Gasteiger charge is -2.16. The lowest BCUT2D eigenvalue weighted by atomic mass is 10.0. The second kappa shape index (κ2) is 9.47. The number of methoxy groups -OCH3 is 1. The number of fused-ring (bicyclic) bond motifs is 1. The number of hydrogen-bond donors (Lipinski definition) is 1. The van der Waals surface area contributed by atoms with Crippen molar-refractivity contribution in [1.82, 2.24) is 9.88 Å². The molecule has 0 spiro atoms. The summed E-state index contributed by atoms with van der Waals surface area (Å²) in [6, 6.07) is 22.2. The van der Waals surface area contributed by atoms with Gasteiger partial charge in [0, 0.05) is 41.2 Å². The number of nitrogens with zero attached hydrogens (tertiary/aromatic N) is 1. The van der Waals surface area contributed by atoms with Gasteiger partial charge in [0.2, 0.25) is 0 Å². The molecule has 0 aliphatic carbocycles. The number of halogens is 3. The third-order valence-electron chi connectivity index (χ3n) is 5.53. The average molecular weight is 464 g/mol. The monoisotopic (exact) mass is 464 g/mol. The van der Waals surface area contributed by atoms with Gasteiger partial charge in [-0.2, -0.15) is 13.2 Å². The van der Waals surface area contributed by atoms with E-state index in [1.54, 1.807) is 6.07 Å². The number of alkyl halides is 3. The van der Waals surface area contributed by atoms with Gasteiger partial charge < -0.3 is 14.6 Å². The molecular weight excluding hydrogens is 441 g/mol. The van der Waals surface area contributed by atoms with E-state index in [9.17, 15) is 18.0 Å². The predicted octanol–water partition coefficient (Wildman–Crippen LogP) is 6.00. The highest BCUT2D eigenvalue weighted by molar-refractivity contribution is 5.93. The fourth-order valence-electron chi connectivity index (χ4n) is 3.89. The van der Waals surface area contributed by atoms with E-state index in [1.165, 1.54) is 19.4 Å². The number of hydrogen-bond acceptors (Lipinski definition) is 3. The molecule has 0 radical (unpaired) electrons. The Morgan fingerprint density at radius 3 is 2.56 bits per heavy atom. The largest absolute Gasteiger partial charge is 0.496 e. The Bertz CT molecular complexity index is 1400. The zero-order valence-electron chi connectivity index (χ0n) is 18.5. The highest BCUT2D eigenvalue weighted by atomic mass is 19.4. The summed E-state index contributed by atoms with van der Waals surface area (Å²) < 4.78 is 44.7. The third kappa shape index (κ3) is 5.14. The van der Waals surface area contributed by atoms with Gasteiger partial charge in [0.15, 0.2) is 0 Å². The molecule has 0 saturated heterocycles. The maximum atomic E-state index is 12.9. The lowest BCUT2D eigenvalue weighted by Crippen LogP contribution is -2.27. The number of benzene rings is 3. The van der Waals surface area contributed by atoms with E-state index in [4.69, 9.17) is 4.74 Å². The van der Waals surface area contributed by atoms with Crippen molar-refractivity contribution in [2.45, 2.75) is 19.3 Å². The number of nitrogens with one attached hydrogen (secondary N) is 1. The first-order valence-corrected chi connectivity index (χ1v) is 10.6. The summed E-state index contributed by atoms with van der Waals surface area (Å²) in [5, 5.41) is 5.54. The number of pyridine rings is 1. The highest BCUT2D eigenvalue weighted by Gasteiger charge is 2.28. The van der Waals surface area contributed by atoms with Crippen LogP contribution in [0.25, 0.3) is 27.6 Å². The number of aromatic nitrogens is 1. The van der Waals surface area contributed by atoms with E-state index in [0.717, 1.165) is 33.7 Å². The molecule has 0 fully saturated rings. The molecule has 0 atom stereocenters. The molecule has 0 unspecified atom stereocenters. The summed E-state index contributed by atoms with van der Waals surface area (Å²) in [6.45, 7) is 3.27. The molecule has 1 aromatic heterocycles. The average Bonchev–Trinajstić information content (AvgIpc) is 2.82. The molecule has 4 aromatic rings. The van der Waals surface area contributed by atoms with Crippen LogP contribution >= 0.6 is 0 Å². The van der Waals surface area contributed by atoms with Gasteiger partial charge in [-0.05, 0) is 34.5 Å². The molecule has 34 heavy (non-hydrogen) atoms. The smallest absolute Gasteiger partial charge is 0.406 e. The normalized spacial score (nSPS) is 11.4. The van der Waals surface area contributed by atoms with Gasteiger partial charge in [-0.15, -0.1) is 0 Å². The summed E-state index contributed by atoms with van der Waals surface area (Å²) in [7, 11) is 1.49. The summed E-state index contributed by atoms with van der Waals surface area (Å²) >= 11 is 0. The summed E-state index contributed by atoms with van der Waals surface area (Å²) in [4.78, 5) is 11.9. The Hall–Kier alpha value is -4.00. The van der Waals surface area contributed by atoms with Gasteiger partial charge in [0.1, 0.15) is 12.3 Å². The van der Waals surface area contributed by atoms with Crippen LogP contribution in [0.3, 0.4) is 0 Å². The molecule has 3 aromatic carbocycles. The van der Waals surface area contributed by atoms with Gasteiger partial charge >= 0.3 is 6.18 Å². The fourth-order valence-corrected chi connectivity index (χ4v) is 3.89. The molecule has 0 aliphatic heterocycles. The van der Waals surface area contributed by atoms with E-state index >= 15 is 0 Å². The van der Waals surface area contributed by atoms with Gasteiger partial charge in [-0.25, -0.2) is 0 Å². The van der Waals surface area contributed by atoms with Crippen LogP contribution in [0, 0.1) is 0 Å². The van der Waals surface area contributed by atoms with Crippen LogP contribution in [0.15, 0.2) is 90.4 Å². The molecule has 0 saturated carbocycles. The van der Waals surface area contributed by atoms with Crippen molar-refractivity contribution < 1.29 is 17.9 Å². The van der Waals surface area contributed by atoms with Crippen molar-refractivity contribution in [3.05, 3.63) is 107 Å². The van der Waals surface area contributed by atoms with Crippen molar-refractivity contribution in [3.8, 4) is 16.9 Å². The van der Waals surface area contributed by atoms with Gasteiger partial charge in [-0.1, -0.05) is 55.1 Å². The van der Waals surface area contributed by atoms with Crippen molar-refractivity contribution >= 4 is 16.5 Å². The quantitative estimate of drug-likeness (QED) is 0.365. The first-order valence-electron chi connectivity index (χ1n) is 10.6. The van der Waals surface area contributed by atoms with Crippen molar-refractivity contribution in [1.29, 1.82) is 0 Å². The molecule has 7 heteroatoms. The van der Waals surface area contributed by atoms with Crippen LogP contribution in [0.5, 0.6) is 5.75 Å². The topological polar surface area (TPSA) is 43.3 Å². The number of ether oxygens (including phenoxy) is 1. The zero-order valence-corrected chi connectivity index (χ0v) is 18.5. The van der Waals surface area contributed by atoms with Crippen LogP contribution < -0.4 is 15.6 Å². The molecular formula is C27H23F3N2O2. The Morgan fingerprint density at radius 2 is 1.79 bits per heavy atom. The van der Waals surface area contributed by atoms with E-state index in [2.05, 4.69) is 11.9 Å². The Morgan fingerprint density at radius 1 is 1.03 bits per heavy atom. The van der Waals surface area contributed by atoms with Crippen LogP contribution in [-0.2, 0) is 13.1 Å². The standard InChI is InChI=1S/C27H23F3N2O2/c1-18(22-9-5-7-20-6-3-4-8-23(20)22)31-15-19-10-12-25(34-2)24(14-19)21-11-13-26(33)32(16-21)17-27(28,29)30/h3-14,16,31H,1,15,17H2,2H3. The molecule has 0 bridgehead atoms. The lowest BCUT2D eigenvalue weighted by molar-refractivity contribution is -0.141. The van der Waals surface area contributed by atoms with E-state index in [1.807, 2.05) is 54.6 Å². The maximum absolute atomic E-state index is 12.9. The van der Waals surface area contributed by atoms with Gasteiger partial charge in [0.05, 0.1) is 7.11 Å². The molecule has 4 rings (SSSR count). The predicted molar refractivity (Wildman–Crippen MR) is 129 cm³/mol. The first-order chi connectivity index (χ1) is 16.2. The molecule has 1 N–H and O–H groups in total. The van der Waals surface area contributed by atoms with E-state index in [0.29, 0.717) is 28.0 Å². The maximum Gasteiger partial charge on any atom is 0.406 e. The van der Waals surface area contributed by atoms with E-state index < -0.39 is 18.3 Å².